The van der Waals surface area contributed by atoms with E-state index in [9.17, 15) is 0 Å². The highest BCUT2D eigenvalue weighted by molar-refractivity contribution is 9.10. The van der Waals surface area contributed by atoms with Gasteiger partial charge in [-0.05, 0) is 58.4 Å². The lowest BCUT2D eigenvalue weighted by Crippen LogP contribution is -2.00. The number of halogens is 2. The van der Waals surface area contributed by atoms with Crippen molar-refractivity contribution in [2.24, 2.45) is 0 Å². The fraction of sp³-hybridized carbons (Fsp3) is 0.0333. The van der Waals surface area contributed by atoms with Crippen molar-refractivity contribution in [3.63, 3.8) is 0 Å². The molecule has 4 aromatic carbocycles. The zero-order chi connectivity index (χ0) is 24.6. The van der Waals surface area contributed by atoms with Gasteiger partial charge in [-0.1, -0.05) is 76.6 Å². The first kappa shape index (κ1) is 22.8. The standard InChI is InChI=1S/C30H21Br2N3O/c1-36-23-15-13-22(14-16-23)35-28(20-10-6-3-7-11-20)27(19-8-4-2-5-9-19)34-30(35)26-24-18-21(31)12-17-25(24)33-29(26)32/h2-18,33H,1H3. The van der Waals surface area contributed by atoms with Gasteiger partial charge in [0.2, 0.25) is 0 Å². The van der Waals surface area contributed by atoms with Gasteiger partial charge in [0, 0.05) is 32.2 Å². The minimum atomic E-state index is 0.808. The Morgan fingerprint density at radius 2 is 1.44 bits per heavy atom. The number of imidazole rings is 1. The number of hydrogen-bond donors (Lipinski definition) is 1. The Hall–Kier alpha value is -3.61. The summed E-state index contributed by atoms with van der Waals surface area (Å²) in [6.07, 6.45) is 0. The Bertz CT molecular complexity index is 1670. The predicted molar refractivity (Wildman–Crippen MR) is 154 cm³/mol. The van der Waals surface area contributed by atoms with Gasteiger partial charge in [0.05, 0.1) is 28.7 Å². The largest absolute Gasteiger partial charge is 0.497 e. The first-order valence-electron chi connectivity index (χ1n) is 11.5. The number of nitrogens with zero attached hydrogens (tertiary/aromatic N) is 2. The van der Waals surface area contributed by atoms with Crippen LogP contribution < -0.4 is 4.74 Å². The summed E-state index contributed by atoms with van der Waals surface area (Å²) in [4.78, 5) is 8.81. The topological polar surface area (TPSA) is 42.8 Å². The van der Waals surface area contributed by atoms with Gasteiger partial charge in [-0.25, -0.2) is 4.98 Å². The number of hydrogen-bond acceptors (Lipinski definition) is 2. The zero-order valence-electron chi connectivity index (χ0n) is 19.4. The maximum absolute atomic E-state index is 5.44. The lowest BCUT2D eigenvalue weighted by atomic mass is 10.0. The van der Waals surface area contributed by atoms with Gasteiger partial charge in [-0.2, -0.15) is 0 Å². The molecule has 0 radical (unpaired) electrons. The van der Waals surface area contributed by atoms with Gasteiger partial charge in [0.25, 0.3) is 0 Å². The van der Waals surface area contributed by atoms with Crippen LogP contribution in [0.3, 0.4) is 0 Å². The van der Waals surface area contributed by atoms with Crippen LogP contribution in [0.4, 0.5) is 0 Å². The van der Waals surface area contributed by atoms with Crippen molar-refractivity contribution in [2.75, 3.05) is 7.11 Å². The van der Waals surface area contributed by atoms with Crippen LogP contribution in [0.5, 0.6) is 5.75 Å². The van der Waals surface area contributed by atoms with E-state index in [4.69, 9.17) is 9.72 Å². The van der Waals surface area contributed by atoms with E-state index in [2.05, 4.69) is 114 Å². The summed E-state index contributed by atoms with van der Waals surface area (Å²) in [6.45, 7) is 0. The summed E-state index contributed by atoms with van der Waals surface area (Å²) in [7, 11) is 1.68. The summed E-state index contributed by atoms with van der Waals surface area (Å²) in [6, 6.07) is 35.1. The number of aromatic amines is 1. The Balaban J connectivity index is 1.75. The molecule has 0 spiro atoms. The molecule has 2 aromatic heterocycles. The lowest BCUT2D eigenvalue weighted by molar-refractivity contribution is 0.415. The SMILES string of the molecule is COc1ccc(-n2c(-c3c(Br)[nH]c4ccc(Br)cc34)nc(-c3ccccc3)c2-c2ccccc2)cc1. The van der Waals surface area contributed by atoms with Crippen molar-refractivity contribution < 1.29 is 4.74 Å². The highest BCUT2D eigenvalue weighted by Gasteiger charge is 2.25. The van der Waals surface area contributed by atoms with Crippen molar-refractivity contribution in [2.45, 2.75) is 0 Å². The number of H-pyrrole nitrogens is 1. The molecule has 0 fully saturated rings. The second kappa shape index (κ2) is 9.45. The van der Waals surface area contributed by atoms with Crippen LogP contribution in [0.25, 0.3) is 50.5 Å². The Morgan fingerprint density at radius 3 is 2.11 bits per heavy atom. The molecule has 4 nitrogen and oxygen atoms in total. The highest BCUT2D eigenvalue weighted by Crippen LogP contribution is 2.43. The first-order valence-corrected chi connectivity index (χ1v) is 13.1. The molecule has 2 heterocycles. The molecule has 1 N–H and O–H groups in total. The fourth-order valence-electron chi connectivity index (χ4n) is 4.58. The van der Waals surface area contributed by atoms with E-state index >= 15 is 0 Å². The Labute approximate surface area is 225 Å². The molecule has 36 heavy (non-hydrogen) atoms. The maximum Gasteiger partial charge on any atom is 0.149 e. The number of rotatable bonds is 5. The van der Waals surface area contributed by atoms with Crippen LogP contribution in [0.15, 0.2) is 112 Å². The van der Waals surface area contributed by atoms with Crippen molar-refractivity contribution in [3.8, 4) is 45.3 Å². The molecule has 0 unspecified atom stereocenters. The van der Waals surface area contributed by atoms with E-state index in [0.29, 0.717) is 0 Å². The van der Waals surface area contributed by atoms with Crippen LogP contribution in [0.1, 0.15) is 0 Å². The van der Waals surface area contributed by atoms with Gasteiger partial charge in [0.1, 0.15) is 11.6 Å². The molecule has 0 aliphatic rings. The molecule has 0 aliphatic carbocycles. The van der Waals surface area contributed by atoms with Gasteiger partial charge < -0.3 is 9.72 Å². The average Bonchev–Trinajstić information content (AvgIpc) is 3.46. The van der Waals surface area contributed by atoms with Gasteiger partial charge >= 0.3 is 0 Å². The third kappa shape index (κ3) is 3.96. The number of benzene rings is 4. The Morgan fingerprint density at radius 1 is 0.778 bits per heavy atom. The normalized spacial score (nSPS) is 11.2. The van der Waals surface area contributed by atoms with Crippen LogP contribution in [0, 0.1) is 0 Å². The summed E-state index contributed by atoms with van der Waals surface area (Å²) in [5.41, 5.74) is 7.12. The monoisotopic (exact) mass is 597 g/mol. The summed E-state index contributed by atoms with van der Waals surface area (Å²) in [5, 5.41) is 1.08. The lowest BCUT2D eigenvalue weighted by Gasteiger charge is -2.14. The van der Waals surface area contributed by atoms with Crippen LogP contribution in [-0.2, 0) is 0 Å². The summed E-state index contributed by atoms with van der Waals surface area (Å²) < 4.78 is 9.58. The van der Waals surface area contributed by atoms with Crippen LogP contribution in [0.2, 0.25) is 0 Å². The first-order chi connectivity index (χ1) is 17.6. The zero-order valence-corrected chi connectivity index (χ0v) is 22.5. The molecular weight excluding hydrogens is 578 g/mol. The quantitative estimate of drug-likeness (QED) is 0.215. The number of nitrogens with one attached hydrogen (secondary N) is 1. The van der Waals surface area contributed by atoms with Gasteiger partial charge in [0.15, 0.2) is 0 Å². The van der Waals surface area contributed by atoms with E-state index in [1.165, 1.54) is 0 Å². The molecule has 0 aliphatic heterocycles. The number of methoxy groups -OCH3 is 1. The molecule has 0 atom stereocenters. The van der Waals surface area contributed by atoms with E-state index < -0.39 is 0 Å². The molecular formula is C30H21Br2N3O. The molecule has 6 aromatic rings. The second-order valence-electron chi connectivity index (χ2n) is 8.40. The highest BCUT2D eigenvalue weighted by atomic mass is 79.9. The molecule has 176 valence electrons. The molecule has 0 bridgehead atoms. The molecule has 6 heteroatoms. The molecule has 0 saturated carbocycles. The minimum absolute atomic E-state index is 0.808. The van der Waals surface area contributed by atoms with Crippen LogP contribution >= 0.6 is 31.9 Å². The van der Waals surface area contributed by atoms with E-state index in [-0.39, 0.29) is 0 Å². The summed E-state index contributed by atoms with van der Waals surface area (Å²) in [5.74, 6) is 1.65. The Kier molecular flexibility index (Phi) is 5.99. The maximum atomic E-state index is 5.44. The van der Waals surface area contributed by atoms with Crippen LogP contribution in [-0.4, -0.2) is 21.6 Å². The number of ether oxygens (including phenoxy) is 1. The van der Waals surface area contributed by atoms with E-state index in [1.807, 2.05) is 30.3 Å². The number of fused-ring (bicyclic) bond motifs is 1. The van der Waals surface area contributed by atoms with Crippen molar-refractivity contribution in [3.05, 3.63) is 112 Å². The molecule has 0 amide bonds. The summed E-state index contributed by atoms with van der Waals surface area (Å²) >= 11 is 7.45. The van der Waals surface area contributed by atoms with Crippen molar-refractivity contribution in [1.29, 1.82) is 0 Å². The predicted octanol–water partition coefficient (Wildman–Crippen LogP) is 8.89. The average molecular weight is 599 g/mol. The van der Waals surface area contributed by atoms with Crippen molar-refractivity contribution >= 4 is 42.8 Å². The number of aromatic nitrogens is 3. The van der Waals surface area contributed by atoms with E-state index in [0.717, 1.165) is 65.3 Å². The minimum Gasteiger partial charge on any atom is -0.497 e. The molecule has 0 saturated heterocycles. The van der Waals surface area contributed by atoms with Crippen molar-refractivity contribution in [1.82, 2.24) is 14.5 Å². The molecule has 6 rings (SSSR count). The van der Waals surface area contributed by atoms with Gasteiger partial charge in [-0.15, -0.1) is 0 Å². The second-order valence-corrected chi connectivity index (χ2v) is 10.1. The third-order valence-electron chi connectivity index (χ3n) is 6.24. The smallest absolute Gasteiger partial charge is 0.149 e. The fourth-order valence-corrected chi connectivity index (χ4v) is 5.55. The third-order valence-corrected chi connectivity index (χ3v) is 7.33. The van der Waals surface area contributed by atoms with Gasteiger partial charge in [-0.3, -0.25) is 4.57 Å². The van der Waals surface area contributed by atoms with E-state index in [1.54, 1.807) is 7.11 Å².